The molecule has 0 atom stereocenters. The van der Waals surface area contributed by atoms with Gasteiger partial charge in [-0.1, -0.05) is 54.1 Å². The van der Waals surface area contributed by atoms with Crippen LogP contribution < -0.4 is 4.72 Å². The largest absolute Gasteiger partial charge is 0.215 e. The van der Waals surface area contributed by atoms with Gasteiger partial charge < -0.3 is 0 Å². The first kappa shape index (κ1) is 16.0. The molecular formula is C16H18ClNO2S. The van der Waals surface area contributed by atoms with Gasteiger partial charge in [-0.05, 0) is 36.1 Å². The molecule has 0 radical (unpaired) electrons. The van der Waals surface area contributed by atoms with Crippen molar-refractivity contribution in [2.75, 3.05) is 12.3 Å². The zero-order valence-corrected chi connectivity index (χ0v) is 13.2. The van der Waals surface area contributed by atoms with Gasteiger partial charge in [-0.3, -0.25) is 0 Å². The Balaban J connectivity index is 1.79. The number of aryl methyl sites for hydroxylation is 1. The van der Waals surface area contributed by atoms with Gasteiger partial charge in [0.15, 0.2) is 0 Å². The predicted molar refractivity (Wildman–Crippen MR) is 87.1 cm³/mol. The molecule has 2 aromatic carbocycles. The quantitative estimate of drug-likeness (QED) is 0.851. The molecule has 0 amide bonds. The van der Waals surface area contributed by atoms with Crippen molar-refractivity contribution >= 4 is 21.6 Å². The highest BCUT2D eigenvalue weighted by Gasteiger charge is 2.09. The minimum absolute atomic E-state index is 0.104. The van der Waals surface area contributed by atoms with Crippen molar-refractivity contribution in [3.05, 3.63) is 70.7 Å². The normalized spacial score (nSPS) is 11.5. The molecule has 0 saturated carbocycles. The van der Waals surface area contributed by atoms with E-state index in [4.69, 9.17) is 11.6 Å². The number of sulfonamides is 1. The molecule has 0 heterocycles. The number of hydrogen-bond donors (Lipinski definition) is 1. The molecule has 0 bridgehead atoms. The molecular weight excluding hydrogens is 306 g/mol. The summed E-state index contributed by atoms with van der Waals surface area (Å²) in [6, 6.07) is 17.0. The smallest absolute Gasteiger partial charge is 0.211 e. The van der Waals surface area contributed by atoms with E-state index in [0.717, 1.165) is 11.1 Å². The van der Waals surface area contributed by atoms with Gasteiger partial charge in [-0.25, -0.2) is 13.1 Å². The lowest BCUT2D eigenvalue weighted by molar-refractivity contribution is 0.581. The van der Waals surface area contributed by atoms with Gasteiger partial charge in [-0.2, -0.15) is 0 Å². The maximum atomic E-state index is 11.9. The lowest BCUT2D eigenvalue weighted by atomic mass is 10.2. The Labute approximate surface area is 131 Å². The predicted octanol–water partition coefficient (Wildman–Crippen LogP) is 3.04. The van der Waals surface area contributed by atoms with Crippen molar-refractivity contribution in [1.29, 1.82) is 0 Å². The molecule has 3 nitrogen and oxygen atoms in total. The molecule has 0 saturated heterocycles. The Morgan fingerprint density at radius 1 is 0.905 bits per heavy atom. The first-order chi connectivity index (χ1) is 10.1. The molecule has 0 aromatic heterocycles. The number of benzene rings is 2. The first-order valence-electron chi connectivity index (χ1n) is 6.81. The van der Waals surface area contributed by atoms with E-state index in [1.807, 2.05) is 48.5 Å². The molecule has 5 heteroatoms. The SMILES string of the molecule is O=S(=O)(CCc1ccccc1)NCCc1cccc(Cl)c1. The number of nitrogens with one attached hydrogen (secondary N) is 1. The van der Waals surface area contributed by atoms with Crippen molar-refractivity contribution in [1.82, 2.24) is 4.72 Å². The second-order valence-electron chi connectivity index (χ2n) is 4.83. The third-order valence-corrected chi connectivity index (χ3v) is 4.75. The van der Waals surface area contributed by atoms with Crippen LogP contribution in [0.25, 0.3) is 0 Å². The molecule has 1 N–H and O–H groups in total. The summed E-state index contributed by atoms with van der Waals surface area (Å²) in [5.41, 5.74) is 2.05. The van der Waals surface area contributed by atoms with Crippen LogP contribution in [0.5, 0.6) is 0 Å². The molecule has 0 fully saturated rings. The minimum Gasteiger partial charge on any atom is -0.215 e. The summed E-state index contributed by atoms with van der Waals surface area (Å²) in [5.74, 6) is 0.104. The van der Waals surface area contributed by atoms with Crippen molar-refractivity contribution in [3.8, 4) is 0 Å². The summed E-state index contributed by atoms with van der Waals surface area (Å²) in [7, 11) is -3.24. The Bertz CT molecular complexity index is 672. The van der Waals surface area contributed by atoms with E-state index in [1.165, 1.54) is 0 Å². The summed E-state index contributed by atoms with van der Waals surface area (Å²) in [6.07, 6.45) is 1.15. The standard InChI is InChI=1S/C16H18ClNO2S/c17-16-8-4-7-15(13-16)9-11-18-21(19,20)12-10-14-5-2-1-3-6-14/h1-8,13,18H,9-12H2. The fourth-order valence-corrected chi connectivity index (χ4v) is 3.29. The van der Waals surface area contributed by atoms with Crippen LogP contribution in [0.3, 0.4) is 0 Å². The Hall–Kier alpha value is -1.36. The van der Waals surface area contributed by atoms with E-state index >= 15 is 0 Å². The molecule has 2 rings (SSSR count). The van der Waals surface area contributed by atoms with Crippen LogP contribution in [0.2, 0.25) is 5.02 Å². The van der Waals surface area contributed by atoms with E-state index in [9.17, 15) is 8.42 Å². The third-order valence-electron chi connectivity index (χ3n) is 3.13. The van der Waals surface area contributed by atoms with Gasteiger partial charge in [0.25, 0.3) is 0 Å². The van der Waals surface area contributed by atoms with Crippen LogP contribution in [0.4, 0.5) is 0 Å². The van der Waals surface area contributed by atoms with Crippen molar-refractivity contribution < 1.29 is 8.42 Å². The van der Waals surface area contributed by atoms with Crippen molar-refractivity contribution in [2.45, 2.75) is 12.8 Å². The van der Waals surface area contributed by atoms with Gasteiger partial charge in [0.2, 0.25) is 10.0 Å². The lowest BCUT2D eigenvalue weighted by Gasteiger charge is -2.07. The number of rotatable bonds is 7. The zero-order chi connectivity index (χ0) is 15.1. The minimum atomic E-state index is -3.24. The molecule has 2 aromatic rings. The summed E-state index contributed by atoms with van der Waals surface area (Å²) in [6.45, 7) is 0.386. The summed E-state index contributed by atoms with van der Waals surface area (Å²) >= 11 is 5.89. The fourth-order valence-electron chi connectivity index (χ4n) is 2.01. The van der Waals surface area contributed by atoms with Crippen LogP contribution in [-0.4, -0.2) is 20.7 Å². The van der Waals surface area contributed by atoms with Gasteiger partial charge in [0.1, 0.15) is 0 Å². The first-order valence-corrected chi connectivity index (χ1v) is 8.84. The van der Waals surface area contributed by atoms with Crippen LogP contribution in [0.15, 0.2) is 54.6 Å². The Morgan fingerprint density at radius 2 is 1.62 bits per heavy atom. The second-order valence-corrected chi connectivity index (χ2v) is 7.19. The lowest BCUT2D eigenvalue weighted by Crippen LogP contribution is -2.29. The van der Waals surface area contributed by atoms with E-state index < -0.39 is 10.0 Å². The molecule has 0 aliphatic carbocycles. The van der Waals surface area contributed by atoms with Crippen LogP contribution in [0, 0.1) is 0 Å². The van der Waals surface area contributed by atoms with E-state index in [0.29, 0.717) is 24.4 Å². The monoisotopic (exact) mass is 323 g/mol. The average Bonchev–Trinajstić information content (AvgIpc) is 2.46. The van der Waals surface area contributed by atoms with Gasteiger partial charge in [-0.15, -0.1) is 0 Å². The molecule has 0 aliphatic heterocycles. The summed E-state index contributed by atoms with van der Waals surface area (Å²) in [4.78, 5) is 0. The maximum absolute atomic E-state index is 11.9. The maximum Gasteiger partial charge on any atom is 0.211 e. The highest BCUT2D eigenvalue weighted by Crippen LogP contribution is 2.10. The van der Waals surface area contributed by atoms with Crippen LogP contribution in [-0.2, 0) is 22.9 Å². The summed E-state index contributed by atoms with van der Waals surface area (Å²) in [5, 5.41) is 0.666. The van der Waals surface area contributed by atoms with Gasteiger partial charge in [0.05, 0.1) is 5.75 Å². The van der Waals surface area contributed by atoms with E-state index in [2.05, 4.69) is 4.72 Å². The second kappa shape index (κ2) is 7.59. The van der Waals surface area contributed by atoms with Crippen molar-refractivity contribution in [2.24, 2.45) is 0 Å². The van der Waals surface area contributed by atoms with E-state index in [-0.39, 0.29) is 5.75 Å². The Kier molecular flexibility index (Phi) is 5.79. The molecule has 0 spiro atoms. The fraction of sp³-hybridized carbons (Fsp3) is 0.250. The average molecular weight is 324 g/mol. The number of halogens is 1. The van der Waals surface area contributed by atoms with Gasteiger partial charge >= 0.3 is 0 Å². The third kappa shape index (κ3) is 5.87. The highest BCUT2D eigenvalue weighted by molar-refractivity contribution is 7.89. The zero-order valence-electron chi connectivity index (χ0n) is 11.6. The topological polar surface area (TPSA) is 46.2 Å². The van der Waals surface area contributed by atoms with Crippen molar-refractivity contribution in [3.63, 3.8) is 0 Å². The molecule has 21 heavy (non-hydrogen) atoms. The molecule has 112 valence electrons. The molecule has 0 unspecified atom stereocenters. The van der Waals surface area contributed by atoms with Crippen LogP contribution in [0.1, 0.15) is 11.1 Å². The van der Waals surface area contributed by atoms with Gasteiger partial charge in [0, 0.05) is 11.6 Å². The Morgan fingerprint density at radius 3 is 2.33 bits per heavy atom. The van der Waals surface area contributed by atoms with Crippen LogP contribution >= 0.6 is 11.6 Å². The highest BCUT2D eigenvalue weighted by atomic mass is 35.5. The molecule has 0 aliphatic rings. The number of hydrogen-bond acceptors (Lipinski definition) is 2. The summed E-state index contributed by atoms with van der Waals surface area (Å²) < 4.78 is 26.5. The van der Waals surface area contributed by atoms with E-state index in [1.54, 1.807) is 6.07 Å².